The van der Waals surface area contributed by atoms with Gasteiger partial charge in [-0.25, -0.2) is 29.9 Å². The van der Waals surface area contributed by atoms with Crippen molar-refractivity contribution < 1.29 is 8.83 Å². The quantitative estimate of drug-likeness (QED) is 0.112. The maximum atomic E-state index is 6.96. The van der Waals surface area contributed by atoms with Crippen LogP contribution < -0.4 is 0 Å². The van der Waals surface area contributed by atoms with Gasteiger partial charge in [0.15, 0.2) is 34.9 Å². The lowest BCUT2D eigenvalue weighted by atomic mass is 9.91. The van der Waals surface area contributed by atoms with Gasteiger partial charge in [0.2, 0.25) is 0 Å². The fourth-order valence-corrected chi connectivity index (χ4v) is 16.7. The Bertz CT molecular complexity index is 7540. The van der Waals surface area contributed by atoms with Gasteiger partial charge in [0, 0.05) is 65.7 Å². The van der Waals surface area contributed by atoms with Crippen molar-refractivity contribution in [3.63, 3.8) is 0 Å². The van der Waals surface area contributed by atoms with E-state index in [4.69, 9.17) is 38.7 Å². The lowest BCUT2D eigenvalue weighted by Gasteiger charge is -2.12. The van der Waals surface area contributed by atoms with E-state index in [-0.39, 0.29) is 0 Å². The van der Waals surface area contributed by atoms with Gasteiger partial charge in [-0.1, -0.05) is 322 Å². The monoisotopic (exact) mass is 1450 g/mol. The number of aromatic nitrogens is 6. The molecule has 22 aromatic rings. The standard InChI is InChI=1S/C106H64N6O2/c1-4-23-68(24-5-1)101-107-102(69-25-6-2-7-26-69)110-105(109-101)83-37-19-34-77(60-83)75-32-17-35-79(58-75)92-64-94-98-86(43-21-45-96(98)114-100(94)90-41-15-13-39-88(90)92)81-55-48-66-46-53-78(61-84(66)62-81)74-31-16-30-73(56-74)76-33-18-36-82(59-76)106-111-103(70-27-8-3-9-28-70)108-104(112-106)71-51-49-67(50-52-71)91-63-93-97-85(80-54-47-65-22-10-11-29-72(65)57-80)42-20-44-95(97)113-99(93)89-40-14-12-38-87(89)91/h1-64H. The molecule has 0 bridgehead atoms. The van der Waals surface area contributed by atoms with Crippen LogP contribution in [0.3, 0.4) is 0 Å². The van der Waals surface area contributed by atoms with Gasteiger partial charge in [0.25, 0.3) is 0 Å². The van der Waals surface area contributed by atoms with Crippen molar-refractivity contribution in [3.8, 4) is 146 Å². The first kappa shape index (κ1) is 65.7. The molecule has 114 heavy (non-hydrogen) atoms. The van der Waals surface area contributed by atoms with E-state index in [1.54, 1.807) is 0 Å². The van der Waals surface area contributed by atoms with Gasteiger partial charge in [-0.05, 0) is 177 Å². The van der Waals surface area contributed by atoms with E-state index in [1.165, 1.54) is 10.8 Å². The number of fused-ring (bicyclic) bond motifs is 12. The second-order valence-electron chi connectivity index (χ2n) is 29.2. The Labute approximate surface area is 656 Å². The molecule has 4 heterocycles. The van der Waals surface area contributed by atoms with E-state index in [0.29, 0.717) is 34.9 Å². The van der Waals surface area contributed by atoms with E-state index < -0.39 is 0 Å². The molecule has 0 saturated heterocycles. The maximum Gasteiger partial charge on any atom is 0.164 e. The molecule has 0 aliphatic heterocycles. The van der Waals surface area contributed by atoms with Gasteiger partial charge in [0.05, 0.1) is 0 Å². The van der Waals surface area contributed by atoms with E-state index in [1.807, 2.05) is 78.9 Å². The molecule has 0 spiro atoms. The zero-order chi connectivity index (χ0) is 75.2. The number of furan rings is 2. The van der Waals surface area contributed by atoms with Crippen LogP contribution in [0.4, 0.5) is 0 Å². The van der Waals surface area contributed by atoms with Gasteiger partial charge < -0.3 is 8.83 Å². The first-order valence-electron chi connectivity index (χ1n) is 38.4. The molecule has 8 heteroatoms. The summed E-state index contributed by atoms with van der Waals surface area (Å²) < 4.78 is 13.8. The van der Waals surface area contributed by atoms with Crippen LogP contribution in [0.25, 0.3) is 233 Å². The summed E-state index contributed by atoms with van der Waals surface area (Å²) in [5.41, 5.74) is 24.3. The first-order valence-corrected chi connectivity index (χ1v) is 38.4. The molecule has 0 aliphatic carbocycles. The third-order valence-corrected chi connectivity index (χ3v) is 22.3. The second kappa shape index (κ2) is 27.3. The van der Waals surface area contributed by atoms with Gasteiger partial charge in [-0.15, -0.1) is 0 Å². The lowest BCUT2D eigenvalue weighted by molar-refractivity contribution is 0.672. The fourth-order valence-electron chi connectivity index (χ4n) is 16.7. The Morgan fingerprint density at radius 1 is 0.149 bits per heavy atom. The summed E-state index contributed by atoms with van der Waals surface area (Å²) in [6, 6.07) is 137. The third kappa shape index (κ3) is 11.7. The molecule has 22 rings (SSSR count). The summed E-state index contributed by atoms with van der Waals surface area (Å²) in [4.78, 5) is 30.8. The van der Waals surface area contributed by atoms with Crippen molar-refractivity contribution >= 4 is 87.0 Å². The molecule has 0 saturated carbocycles. The lowest BCUT2D eigenvalue weighted by Crippen LogP contribution is -2.00. The average Bonchev–Trinajstić information content (AvgIpc) is 1.57. The summed E-state index contributed by atoms with van der Waals surface area (Å²) in [7, 11) is 0. The zero-order valence-corrected chi connectivity index (χ0v) is 61.5. The summed E-state index contributed by atoms with van der Waals surface area (Å²) in [5, 5.41) is 13.4. The Hall–Kier alpha value is -15.4. The topological polar surface area (TPSA) is 104 Å². The van der Waals surface area contributed by atoms with Crippen LogP contribution in [0, 0.1) is 0 Å². The summed E-state index contributed by atoms with van der Waals surface area (Å²) in [6.45, 7) is 0. The van der Waals surface area contributed by atoms with Crippen LogP contribution >= 0.6 is 0 Å². The SMILES string of the molecule is c1ccc(-c2nc(-c3ccc(-c4cc5c(oc6cccc(-c7ccc8ccccc8c7)c65)c5ccccc45)cc3)nc(-c3cccc(-c4cccc(-c5ccc6ccc(-c7cccc8oc9c%10ccccc%10c(-c%10cccc(-c%11cccc(-c%12nc(-c%13ccccc%13)nc(-c%13ccccc%13)n%12)c%11)c%10)cc9c78)cc6c5)c4)c3)n2)cc1. The largest absolute Gasteiger partial charge is 0.455 e. The van der Waals surface area contributed by atoms with Gasteiger partial charge in [-0.3, -0.25) is 0 Å². The van der Waals surface area contributed by atoms with Crippen molar-refractivity contribution in [2.75, 3.05) is 0 Å². The Morgan fingerprint density at radius 3 is 0.895 bits per heavy atom. The predicted molar refractivity (Wildman–Crippen MR) is 468 cm³/mol. The minimum Gasteiger partial charge on any atom is -0.455 e. The highest BCUT2D eigenvalue weighted by atomic mass is 16.3. The normalized spacial score (nSPS) is 11.7. The van der Waals surface area contributed by atoms with E-state index in [9.17, 15) is 0 Å². The van der Waals surface area contributed by atoms with E-state index >= 15 is 0 Å². The number of rotatable bonds is 13. The summed E-state index contributed by atoms with van der Waals surface area (Å²) in [6.07, 6.45) is 0. The van der Waals surface area contributed by atoms with Crippen LogP contribution in [0.2, 0.25) is 0 Å². The number of nitrogens with zero attached hydrogens (tertiary/aromatic N) is 6. The van der Waals surface area contributed by atoms with Gasteiger partial charge in [0.1, 0.15) is 22.3 Å². The van der Waals surface area contributed by atoms with Crippen molar-refractivity contribution in [2.45, 2.75) is 0 Å². The van der Waals surface area contributed by atoms with Crippen molar-refractivity contribution in [1.82, 2.24) is 29.9 Å². The molecule has 0 aliphatic rings. The average molecular weight is 1450 g/mol. The highest BCUT2D eigenvalue weighted by Gasteiger charge is 2.23. The van der Waals surface area contributed by atoms with Crippen LogP contribution in [-0.4, -0.2) is 29.9 Å². The highest BCUT2D eigenvalue weighted by Crippen LogP contribution is 2.47. The molecule has 0 N–H and O–H groups in total. The van der Waals surface area contributed by atoms with Crippen molar-refractivity contribution in [2.24, 2.45) is 0 Å². The molecular weight excluding hydrogens is 1390 g/mol. The number of benzene rings is 18. The van der Waals surface area contributed by atoms with Crippen LogP contribution in [0.5, 0.6) is 0 Å². The third-order valence-electron chi connectivity index (χ3n) is 22.3. The van der Waals surface area contributed by atoms with Crippen LogP contribution in [-0.2, 0) is 0 Å². The Kier molecular flexibility index (Phi) is 15.7. The molecule has 4 aromatic heterocycles. The van der Waals surface area contributed by atoms with E-state index in [0.717, 1.165) is 187 Å². The Morgan fingerprint density at radius 2 is 0.430 bits per heavy atom. The number of hydrogen-bond donors (Lipinski definition) is 0. The fraction of sp³-hybridized carbons (Fsp3) is 0. The van der Waals surface area contributed by atoms with E-state index in [2.05, 4.69) is 309 Å². The van der Waals surface area contributed by atoms with Gasteiger partial charge >= 0.3 is 0 Å². The second-order valence-corrected chi connectivity index (χ2v) is 29.2. The molecule has 0 atom stereocenters. The minimum atomic E-state index is 0.586. The molecule has 0 radical (unpaired) electrons. The zero-order valence-electron chi connectivity index (χ0n) is 61.5. The molecule has 8 nitrogen and oxygen atoms in total. The highest BCUT2D eigenvalue weighted by molar-refractivity contribution is 6.24. The first-order chi connectivity index (χ1) is 56.4. The molecule has 18 aromatic carbocycles. The molecule has 0 unspecified atom stereocenters. The molecule has 530 valence electrons. The Balaban J connectivity index is 0.575. The van der Waals surface area contributed by atoms with Crippen LogP contribution in [0.15, 0.2) is 397 Å². The number of hydrogen-bond acceptors (Lipinski definition) is 8. The van der Waals surface area contributed by atoms with Crippen LogP contribution in [0.1, 0.15) is 0 Å². The summed E-state index contributed by atoms with van der Waals surface area (Å²) in [5.74, 6) is 3.63. The minimum absolute atomic E-state index is 0.586. The maximum absolute atomic E-state index is 6.96. The summed E-state index contributed by atoms with van der Waals surface area (Å²) >= 11 is 0. The van der Waals surface area contributed by atoms with Gasteiger partial charge in [-0.2, -0.15) is 0 Å². The molecule has 0 amide bonds. The smallest absolute Gasteiger partial charge is 0.164 e. The van der Waals surface area contributed by atoms with Crippen molar-refractivity contribution in [1.29, 1.82) is 0 Å². The van der Waals surface area contributed by atoms with Crippen molar-refractivity contribution in [3.05, 3.63) is 388 Å². The molecule has 0 fully saturated rings. The predicted octanol–water partition coefficient (Wildman–Crippen LogP) is 28.1. The molecular formula is C106H64N6O2.